The van der Waals surface area contributed by atoms with E-state index in [1.54, 1.807) is 17.0 Å². The van der Waals surface area contributed by atoms with Gasteiger partial charge < -0.3 is 14.4 Å². The summed E-state index contributed by atoms with van der Waals surface area (Å²) in [6.07, 6.45) is -8.02. The Kier molecular flexibility index (Phi) is 7.04. The SMILES string of the molecule is COc1ccc(NC(=O)OC(CN2CCN(c3ccccc3)CC2)C(F)(F)F)cc1. The number of nitrogens with one attached hydrogen (secondary N) is 1. The van der Waals surface area contributed by atoms with E-state index < -0.39 is 24.9 Å². The number of piperazine rings is 1. The van der Waals surface area contributed by atoms with Gasteiger partial charge in [0.25, 0.3) is 0 Å². The topological polar surface area (TPSA) is 54.0 Å². The molecule has 2 aromatic rings. The summed E-state index contributed by atoms with van der Waals surface area (Å²) in [7, 11) is 1.49. The Morgan fingerprint density at radius 3 is 2.23 bits per heavy atom. The highest BCUT2D eigenvalue weighted by Gasteiger charge is 2.44. The molecule has 1 amide bonds. The summed E-state index contributed by atoms with van der Waals surface area (Å²) in [4.78, 5) is 15.8. The van der Waals surface area contributed by atoms with Gasteiger partial charge in [0, 0.05) is 44.1 Å². The van der Waals surface area contributed by atoms with Crippen LogP contribution in [0.3, 0.4) is 0 Å². The number of halogens is 3. The number of hydrogen-bond donors (Lipinski definition) is 1. The normalized spacial score (nSPS) is 16.1. The molecular formula is C21H24F3N3O3. The number of carbonyl (C=O) groups excluding carboxylic acids is 1. The van der Waals surface area contributed by atoms with Crippen LogP contribution in [-0.4, -0.2) is 63.1 Å². The Balaban J connectivity index is 1.54. The number of benzene rings is 2. The van der Waals surface area contributed by atoms with Crippen LogP contribution in [0, 0.1) is 0 Å². The van der Waals surface area contributed by atoms with Gasteiger partial charge in [-0.05, 0) is 36.4 Å². The van der Waals surface area contributed by atoms with Crippen LogP contribution in [-0.2, 0) is 4.74 Å². The first kappa shape index (κ1) is 21.8. The van der Waals surface area contributed by atoms with Crippen LogP contribution in [0.5, 0.6) is 5.75 Å². The van der Waals surface area contributed by atoms with Crippen LogP contribution >= 0.6 is 0 Å². The third kappa shape index (κ3) is 6.03. The number of para-hydroxylation sites is 1. The molecule has 0 bridgehead atoms. The Morgan fingerprint density at radius 1 is 1.03 bits per heavy atom. The molecule has 1 heterocycles. The molecule has 0 aromatic heterocycles. The largest absolute Gasteiger partial charge is 0.497 e. The standard InChI is InChI=1S/C21H24F3N3O3/c1-29-18-9-7-16(8-10-18)25-20(28)30-19(21(22,23)24)15-26-11-13-27(14-12-26)17-5-3-2-4-6-17/h2-10,19H,11-15H2,1H3,(H,25,28). The van der Waals surface area contributed by atoms with Crippen molar-refractivity contribution in [2.24, 2.45) is 0 Å². The number of hydrogen-bond acceptors (Lipinski definition) is 5. The molecule has 1 atom stereocenters. The van der Waals surface area contributed by atoms with E-state index in [-0.39, 0.29) is 0 Å². The number of ether oxygens (including phenoxy) is 2. The van der Waals surface area contributed by atoms with Crippen molar-refractivity contribution >= 4 is 17.5 Å². The van der Waals surface area contributed by atoms with Gasteiger partial charge in [0.05, 0.1) is 7.11 Å². The van der Waals surface area contributed by atoms with Crippen molar-refractivity contribution in [1.82, 2.24) is 4.90 Å². The van der Waals surface area contributed by atoms with Crippen molar-refractivity contribution in [1.29, 1.82) is 0 Å². The van der Waals surface area contributed by atoms with Crippen LogP contribution < -0.4 is 15.0 Å². The van der Waals surface area contributed by atoms with E-state index in [0.29, 0.717) is 37.6 Å². The molecule has 162 valence electrons. The molecule has 30 heavy (non-hydrogen) atoms. The smallest absolute Gasteiger partial charge is 0.426 e. The van der Waals surface area contributed by atoms with Gasteiger partial charge in [-0.15, -0.1) is 0 Å². The van der Waals surface area contributed by atoms with Crippen LogP contribution in [0.15, 0.2) is 54.6 Å². The maximum Gasteiger partial charge on any atom is 0.426 e. The lowest BCUT2D eigenvalue weighted by molar-refractivity contribution is -0.206. The van der Waals surface area contributed by atoms with Gasteiger partial charge >= 0.3 is 12.3 Å². The number of methoxy groups -OCH3 is 1. The summed E-state index contributed by atoms with van der Waals surface area (Å²) < 4.78 is 50.1. The van der Waals surface area contributed by atoms with Crippen molar-refractivity contribution in [2.75, 3.05) is 50.1 Å². The van der Waals surface area contributed by atoms with E-state index in [2.05, 4.69) is 10.2 Å². The molecule has 9 heteroatoms. The number of nitrogens with zero attached hydrogens (tertiary/aromatic N) is 2. The summed E-state index contributed by atoms with van der Waals surface area (Å²) >= 11 is 0. The second-order valence-corrected chi connectivity index (χ2v) is 6.91. The molecule has 1 unspecified atom stereocenters. The number of alkyl halides is 3. The number of carbonyl (C=O) groups is 1. The minimum atomic E-state index is -4.66. The molecule has 1 aliphatic rings. The Labute approximate surface area is 173 Å². The molecular weight excluding hydrogens is 399 g/mol. The minimum absolute atomic E-state index is 0.318. The van der Waals surface area contributed by atoms with Crippen LogP contribution in [0.25, 0.3) is 0 Å². The molecule has 1 fully saturated rings. The molecule has 1 N–H and O–H groups in total. The highest BCUT2D eigenvalue weighted by atomic mass is 19.4. The molecule has 0 radical (unpaired) electrons. The van der Waals surface area contributed by atoms with Gasteiger partial charge in [-0.1, -0.05) is 18.2 Å². The van der Waals surface area contributed by atoms with Crippen molar-refractivity contribution < 1.29 is 27.4 Å². The van der Waals surface area contributed by atoms with Gasteiger partial charge in [0.2, 0.25) is 6.10 Å². The minimum Gasteiger partial charge on any atom is -0.497 e. The summed E-state index contributed by atoms with van der Waals surface area (Å²) in [5.74, 6) is 0.566. The molecule has 0 saturated carbocycles. The lowest BCUT2D eigenvalue weighted by atomic mass is 10.2. The quantitative estimate of drug-likeness (QED) is 0.761. The van der Waals surface area contributed by atoms with Gasteiger partial charge in [0.15, 0.2) is 0 Å². The lowest BCUT2D eigenvalue weighted by Crippen LogP contribution is -2.52. The van der Waals surface area contributed by atoms with Crippen molar-refractivity contribution in [3.8, 4) is 5.75 Å². The molecule has 6 nitrogen and oxygen atoms in total. The van der Waals surface area contributed by atoms with E-state index >= 15 is 0 Å². The molecule has 0 aliphatic carbocycles. The lowest BCUT2D eigenvalue weighted by Gasteiger charge is -2.37. The third-order valence-electron chi connectivity index (χ3n) is 4.87. The average Bonchev–Trinajstić information content (AvgIpc) is 2.74. The third-order valence-corrected chi connectivity index (χ3v) is 4.87. The van der Waals surface area contributed by atoms with Crippen molar-refractivity contribution in [3.63, 3.8) is 0 Å². The molecule has 3 rings (SSSR count). The maximum absolute atomic E-state index is 13.5. The predicted molar refractivity (Wildman–Crippen MR) is 108 cm³/mol. The maximum atomic E-state index is 13.5. The zero-order valence-electron chi connectivity index (χ0n) is 16.6. The monoisotopic (exact) mass is 423 g/mol. The van der Waals surface area contributed by atoms with Crippen LogP contribution in [0.1, 0.15) is 0 Å². The summed E-state index contributed by atoms with van der Waals surface area (Å²) in [6, 6.07) is 15.9. The van der Waals surface area contributed by atoms with Gasteiger partial charge in [-0.3, -0.25) is 10.2 Å². The summed E-state index contributed by atoms with van der Waals surface area (Å²) in [5.41, 5.74) is 1.36. The second-order valence-electron chi connectivity index (χ2n) is 6.91. The molecule has 1 saturated heterocycles. The number of amides is 1. The van der Waals surface area contributed by atoms with Crippen molar-refractivity contribution in [3.05, 3.63) is 54.6 Å². The van der Waals surface area contributed by atoms with E-state index in [4.69, 9.17) is 9.47 Å². The first-order chi connectivity index (χ1) is 14.3. The van der Waals surface area contributed by atoms with Crippen LogP contribution in [0.4, 0.5) is 29.3 Å². The van der Waals surface area contributed by atoms with E-state index in [9.17, 15) is 18.0 Å². The number of rotatable bonds is 6. The zero-order valence-corrected chi connectivity index (χ0v) is 16.6. The first-order valence-electron chi connectivity index (χ1n) is 9.56. The van der Waals surface area contributed by atoms with Gasteiger partial charge in [0.1, 0.15) is 5.75 Å². The molecule has 1 aliphatic heterocycles. The van der Waals surface area contributed by atoms with E-state index in [1.807, 2.05) is 30.3 Å². The fourth-order valence-electron chi connectivity index (χ4n) is 3.22. The van der Waals surface area contributed by atoms with Gasteiger partial charge in [-0.25, -0.2) is 4.79 Å². The second kappa shape index (κ2) is 9.71. The van der Waals surface area contributed by atoms with E-state index in [1.165, 1.54) is 19.2 Å². The Bertz CT molecular complexity index is 808. The highest BCUT2D eigenvalue weighted by Crippen LogP contribution is 2.25. The fraction of sp³-hybridized carbons (Fsp3) is 0.381. The van der Waals surface area contributed by atoms with Gasteiger partial charge in [-0.2, -0.15) is 13.2 Å². The fourth-order valence-corrected chi connectivity index (χ4v) is 3.22. The highest BCUT2D eigenvalue weighted by molar-refractivity contribution is 5.84. The average molecular weight is 423 g/mol. The zero-order chi connectivity index (χ0) is 21.6. The summed E-state index contributed by atoms with van der Waals surface area (Å²) in [5, 5.41) is 2.32. The first-order valence-corrected chi connectivity index (χ1v) is 9.56. The predicted octanol–water partition coefficient (Wildman–Crippen LogP) is 4.00. The van der Waals surface area contributed by atoms with E-state index in [0.717, 1.165) is 5.69 Å². The Hall–Kier alpha value is -2.94. The number of anilines is 2. The molecule has 2 aromatic carbocycles. The molecule has 0 spiro atoms. The Morgan fingerprint density at radius 2 is 1.67 bits per heavy atom. The summed E-state index contributed by atoms with van der Waals surface area (Å²) in [6.45, 7) is 1.71. The van der Waals surface area contributed by atoms with Crippen LogP contribution in [0.2, 0.25) is 0 Å². The van der Waals surface area contributed by atoms with Crippen molar-refractivity contribution in [2.45, 2.75) is 12.3 Å².